The van der Waals surface area contributed by atoms with Crippen LogP contribution in [0.5, 0.6) is 5.75 Å². The molecular formula is C25H36N4O2. The van der Waals surface area contributed by atoms with E-state index >= 15 is 0 Å². The van der Waals surface area contributed by atoms with Crippen molar-refractivity contribution in [3.8, 4) is 5.75 Å². The SMILES string of the molecule is CCN(CC)CCOc1cccc(N(C(=O)CN2CCN(C)CC2)c2ccccc2)c1. The number of rotatable bonds is 10. The Hall–Kier alpha value is -2.41. The van der Waals surface area contributed by atoms with E-state index in [4.69, 9.17) is 4.74 Å². The van der Waals surface area contributed by atoms with Crippen LogP contribution < -0.4 is 9.64 Å². The molecule has 168 valence electrons. The zero-order valence-electron chi connectivity index (χ0n) is 19.2. The van der Waals surface area contributed by atoms with Crippen molar-refractivity contribution < 1.29 is 9.53 Å². The van der Waals surface area contributed by atoms with Crippen molar-refractivity contribution in [2.45, 2.75) is 13.8 Å². The van der Waals surface area contributed by atoms with E-state index in [9.17, 15) is 4.79 Å². The summed E-state index contributed by atoms with van der Waals surface area (Å²) in [5.41, 5.74) is 1.72. The number of amides is 1. The predicted molar refractivity (Wildman–Crippen MR) is 127 cm³/mol. The molecule has 6 nitrogen and oxygen atoms in total. The molecule has 1 saturated heterocycles. The highest BCUT2D eigenvalue weighted by Crippen LogP contribution is 2.29. The van der Waals surface area contributed by atoms with E-state index in [1.807, 2.05) is 59.5 Å². The van der Waals surface area contributed by atoms with Gasteiger partial charge in [-0.05, 0) is 44.4 Å². The van der Waals surface area contributed by atoms with Crippen molar-refractivity contribution >= 4 is 17.3 Å². The summed E-state index contributed by atoms with van der Waals surface area (Å²) < 4.78 is 6.01. The first-order valence-corrected chi connectivity index (χ1v) is 11.3. The molecule has 0 aromatic heterocycles. The lowest BCUT2D eigenvalue weighted by Crippen LogP contribution is -2.48. The van der Waals surface area contributed by atoms with Gasteiger partial charge in [-0.3, -0.25) is 14.6 Å². The summed E-state index contributed by atoms with van der Waals surface area (Å²) in [5.74, 6) is 0.869. The fourth-order valence-electron chi connectivity index (χ4n) is 3.83. The molecule has 6 heteroatoms. The second-order valence-electron chi connectivity index (χ2n) is 8.02. The van der Waals surface area contributed by atoms with Gasteiger partial charge >= 0.3 is 0 Å². The Balaban J connectivity index is 1.74. The van der Waals surface area contributed by atoms with Gasteiger partial charge in [0.2, 0.25) is 5.91 Å². The Labute approximate surface area is 187 Å². The molecule has 0 bridgehead atoms. The average Bonchev–Trinajstić information content (AvgIpc) is 2.79. The summed E-state index contributed by atoms with van der Waals surface area (Å²) in [6, 6.07) is 17.7. The minimum Gasteiger partial charge on any atom is -0.492 e. The molecule has 2 aromatic rings. The maximum absolute atomic E-state index is 13.4. The molecule has 1 aliphatic rings. The van der Waals surface area contributed by atoms with Crippen molar-refractivity contribution in [3.05, 3.63) is 54.6 Å². The molecule has 0 aliphatic carbocycles. The maximum atomic E-state index is 13.4. The summed E-state index contributed by atoms with van der Waals surface area (Å²) >= 11 is 0. The van der Waals surface area contributed by atoms with Gasteiger partial charge in [-0.15, -0.1) is 0 Å². The van der Waals surface area contributed by atoms with Crippen molar-refractivity contribution in [3.63, 3.8) is 0 Å². The van der Waals surface area contributed by atoms with Crippen LogP contribution >= 0.6 is 0 Å². The van der Waals surface area contributed by atoms with Crippen LogP contribution in [0.3, 0.4) is 0 Å². The minimum absolute atomic E-state index is 0.0797. The van der Waals surface area contributed by atoms with Crippen LogP contribution in [0, 0.1) is 0 Å². The Bertz CT molecular complexity index is 802. The largest absolute Gasteiger partial charge is 0.492 e. The maximum Gasteiger partial charge on any atom is 0.245 e. The highest BCUT2D eigenvalue weighted by atomic mass is 16.5. The van der Waals surface area contributed by atoms with Gasteiger partial charge in [-0.1, -0.05) is 38.1 Å². The fraction of sp³-hybridized carbons (Fsp3) is 0.480. The summed E-state index contributed by atoms with van der Waals surface area (Å²) in [6.07, 6.45) is 0. The first-order chi connectivity index (χ1) is 15.1. The molecule has 31 heavy (non-hydrogen) atoms. The number of carbonyl (C=O) groups excluding carboxylic acids is 1. The molecule has 1 amide bonds. The third-order valence-corrected chi connectivity index (χ3v) is 5.87. The van der Waals surface area contributed by atoms with E-state index in [-0.39, 0.29) is 5.91 Å². The number of para-hydroxylation sites is 1. The van der Waals surface area contributed by atoms with Crippen LogP contribution in [-0.2, 0) is 4.79 Å². The second-order valence-corrected chi connectivity index (χ2v) is 8.02. The van der Waals surface area contributed by atoms with Crippen LogP contribution in [0.15, 0.2) is 54.6 Å². The van der Waals surface area contributed by atoms with Gasteiger partial charge < -0.3 is 14.5 Å². The van der Waals surface area contributed by atoms with E-state index in [1.165, 1.54) is 0 Å². The monoisotopic (exact) mass is 424 g/mol. The fourth-order valence-corrected chi connectivity index (χ4v) is 3.83. The number of hydrogen-bond donors (Lipinski definition) is 0. The lowest BCUT2D eigenvalue weighted by atomic mass is 10.2. The van der Waals surface area contributed by atoms with Crippen LogP contribution in [0.25, 0.3) is 0 Å². The van der Waals surface area contributed by atoms with E-state index in [0.717, 1.165) is 62.9 Å². The normalized spacial score (nSPS) is 15.2. The van der Waals surface area contributed by atoms with Crippen LogP contribution in [-0.4, -0.2) is 86.6 Å². The van der Waals surface area contributed by atoms with Gasteiger partial charge in [-0.2, -0.15) is 0 Å². The molecule has 3 rings (SSSR count). The molecule has 0 saturated carbocycles. The summed E-state index contributed by atoms with van der Waals surface area (Å²) in [6.45, 7) is 12.1. The first kappa shape index (κ1) is 23.3. The molecular weight excluding hydrogens is 388 g/mol. The average molecular weight is 425 g/mol. The molecule has 0 unspecified atom stereocenters. The Kier molecular flexibility index (Phi) is 8.88. The Morgan fingerprint density at radius 2 is 1.61 bits per heavy atom. The molecule has 0 radical (unpaired) electrons. The molecule has 0 spiro atoms. The quantitative estimate of drug-likeness (QED) is 0.585. The molecule has 1 aliphatic heterocycles. The van der Waals surface area contributed by atoms with Crippen LogP contribution in [0.4, 0.5) is 11.4 Å². The smallest absolute Gasteiger partial charge is 0.245 e. The van der Waals surface area contributed by atoms with Gasteiger partial charge in [0.15, 0.2) is 0 Å². The van der Waals surface area contributed by atoms with Crippen molar-refractivity contribution in [2.75, 3.05) is 70.9 Å². The molecule has 1 heterocycles. The summed E-state index contributed by atoms with van der Waals surface area (Å²) in [4.78, 5) is 22.1. The molecule has 2 aromatic carbocycles. The van der Waals surface area contributed by atoms with E-state index in [0.29, 0.717) is 13.2 Å². The number of piperazine rings is 1. The number of carbonyl (C=O) groups is 1. The number of anilines is 2. The third kappa shape index (κ3) is 6.79. The topological polar surface area (TPSA) is 39.3 Å². The van der Waals surface area contributed by atoms with E-state index in [1.54, 1.807) is 0 Å². The first-order valence-electron chi connectivity index (χ1n) is 11.3. The zero-order valence-corrected chi connectivity index (χ0v) is 19.2. The van der Waals surface area contributed by atoms with Gasteiger partial charge in [0, 0.05) is 44.5 Å². The van der Waals surface area contributed by atoms with Crippen LogP contribution in [0.2, 0.25) is 0 Å². The second kappa shape index (κ2) is 11.8. The zero-order chi connectivity index (χ0) is 22.1. The summed E-state index contributed by atoms with van der Waals surface area (Å²) in [5, 5.41) is 0. The number of hydrogen-bond acceptors (Lipinski definition) is 5. The number of likely N-dealkylation sites (N-methyl/N-ethyl adjacent to an activating group) is 2. The molecule has 0 atom stereocenters. The Morgan fingerprint density at radius 1 is 0.935 bits per heavy atom. The highest BCUT2D eigenvalue weighted by molar-refractivity contribution is 6.01. The molecule has 1 fully saturated rings. The minimum atomic E-state index is 0.0797. The number of benzene rings is 2. The van der Waals surface area contributed by atoms with E-state index < -0.39 is 0 Å². The third-order valence-electron chi connectivity index (χ3n) is 5.87. The van der Waals surface area contributed by atoms with Gasteiger partial charge in [0.25, 0.3) is 0 Å². The van der Waals surface area contributed by atoms with Gasteiger partial charge in [-0.25, -0.2) is 0 Å². The lowest BCUT2D eigenvalue weighted by molar-refractivity contribution is -0.119. The predicted octanol–water partition coefficient (Wildman–Crippen LogP) is 3.32. The van der Waals surface area contributed by atoms with Gasteiger partial charge in [0.1, 0.15) is 12.4 Å². The lowest BCUT2D eigenvalue weighted by Gasteiger charge is -2.33. The van der Waals surface area contributed by atoms with Crippen LogP contribution in [0.1, 0.15) is 13.8 Å². The van der Waals surface area contributed by atoms with Crippen molar-refractivity contribution in [2.24, 2.45) is 0 Å². The van der Waals surface area contributed by atoms with Gasteiger partial charge in [0.05, 0.1) is 12.2 Å². The van der Waals surface area contributed by atoms with Crippen molar-refractivity contribution in [1.29, 1.82) is 0 Å². The standard InChI is InChI=1S/C25H36N4O2/c1-4-27(5-2)18-19-31-24-13-9-12-23(20-24)29(22-10-7-6-8-11-22)25(30)21-28-16-14-26(3)15-17-28/h6-13,20H,4-5,14-19,21H2,1-3H3. The molecule has 0 N–H and O–H groups in total. The number of nitrogens with zero attached hydrogens (tertiary/aromatic N) is 4. The number of ether oxygens (including phenoxy) is 1. The van der Waals surface area contributed by atoms with E-state index in [2.05, 4.69) is 35.6 Å². The Morgan fingerprint density at radius 3 is 2.29 bits per heavy atom. The highest BCUT2D eigenvalue weighted by Gasteiger charge is 2.23. The van der Waals surface area contributed by atoms with Crippen molar-refractivity contribution in [1.82, 2.24) is 14.7 Å². The summed E-state index contributed by atoms with van der Waals surface area (Å²) in [7, 11) is 2.13.